The average molecular weight is 1840 g/mol. The van der Waals surface area contributed by atoms with E-state index in [-0.39, 0.29) is 110 Å². The van der Waals surface area contributed by atoms with Gasteiger partial charge in [-0.3, -0.25) is 72.1 Å². The van der Waals surface area contributed by atoms with Gasteiger partial charge in [0.2, 0.25) is 65.0 Å². The van der Waals surface area contributed by atoms with E-state index < -0.39 is 156 Å². The number of carbonyl (C=O) groups excluding carboxylic acids is 13. The first kappa shape index (κ1) is 117. The molecule has 2 aromatic carbocycles. The second-order valence-electron chi connectivity index (χ2n) is 39.3. The van der Waals surface area contributed by atoms with Gasteiger partial charge in [-0.25, -0.2) is 0 Å². The Kier molecular flexibility index (Phi) is 51.7. The monoisotopic (exact) mass is 1840 g/mol. The summed E-state index contributed by atoms with van der Waals surface area (Å²) in [6.45, 7) is 32.2. The number of nitrogens with zero attached hydrogens (tertiary/aromatic N) is 9. The normalized spacial score (nSPS) is 17.7. The molecule has 2 heterocycles. The zero-order chi connectivity index (χ0) is 99.3. The number of likely N-dealkylation sites (tertiary alicyclic amines) is 2. The van der Waals surface area contributed by atoms with Crippen molar-refractivity contribution in [1.29, 1.82) is 0 Å². The van der Waals surface area contributed by atoms with Crippen molar-refractivity contribution in [3.05, 3.63) is 71.8 Å². The van der Waals surface area contributed by atoms with E-state index in [9.17, 15) is 73.2 Å². The largest absolute Gasteiger partial charge is 0.394 e. The first-order valence-corrected chi connectivity index (χ1v) is 47.8. The number of ketones is 2. The van der Waals surface area contributed by atoms with Gasteiger partial charge in [0.25, 0.3) is 0 Å². The van der Waals surface area contributed by atoms with Crippen LogP contribution < -0.4 is 37.2 Å². The number of amides is 11. The second kappa shape index (κ2) is 58.0. The SMILES string of the molecule is CC[C@@H](NC(=O)[C@H]([C@H](O)C(C)C)N(C)C(=O)[C@@H](C(C)C)N(C)C(=O)CCC(C)C)C(=O)N(C)[C@H](CO)C(=O)N(C)[C@@H](CC(C)C)C(=O)N[C@@H](C(=O)N(C)[C@H](CC(C)C)C(=O)N[C@H](CCCCNCC(=O)C1CCCN1CC(O)C(Cc1ccccc1)NC)C(=O)N[C@@H](C)C(=O)N(C)[C@H](CC(C)C)C(=O)N(C)C)C(C)C.CNC(Cc1ccccc1)C(O)CN1CCCC1C(C)=O. The molecule has 2 aliphatic heterocycles. The molecule has 0 aliphatic carbocycles. The summed E-state index contributed by atoms with van der Waals surface area (Å²) >= 11 is 0. The molecule has 744 valence electrons. The van der Waals surface area contributed by atoms with Crippen LogP contribution in [0.3, 0.4) is 0 Å². The van der Waals surface area contributed by atoms with Gasteiger partial charge in [0.1, 0.15) is 66.2 Å². The maximum atomic E-state index is 15.1. The minimum Gasteiger partial charge on any atom is -0.394 e. The van der Waals surface area contributed by atoms with Crippen LogP contribution in [0.2, 0.25) is 0 Å². The first-order valence-electron chi connectivity index (χ1n) is 47.8. The lowest BCUT2D eigenvalue weighted by molar-refractivity contribution is -0.154. The van der Waals surface area contributed by atoms with E-state index in [2.05, 4.69) is 54.3 Å². The van der Waals surface area contributed by atoms with Crippen molar-refractivity contribution >= 4 is 76.5 Å². The molecule has 33 heteroatoms. The minimum absolute atomic E-state index is 0.000563. The van der Waals surface area contributed by atoms with Crippen molar-refractivity contribution in [3.8, 4) is 0 Å². The Morgan fingerprint density at radius 1 is 0.450 bits per heavy atom. The maximum absolute atomic E-state index is 15.1. The molecule has 2 aliphatic rings. The summed E-state index contributed by atoms with van der Waals surface area (Å²) in [5.41, 5.74) is 2.29. The van der Waals surface area contributed by atoms with Crippen LogP contribution in [0.4, 0.5) is 0 Å². The molecule has 0 bridgehead atoms. The van der Waals surface area contributed by atoms with Crippen molar-refractivity contribution in [3.63, 3.8) is 0 Å². The highest BCUT2D eigenvalue weighted by molar-refractivity contribution is 5.99. The number of hydrogen-bond donors (Lipinski definition) is 11. The fraction of sp³-hybridized carbons (Fsp3) is 0.745. The predicted octanol–water partition coefficient (Wildman–Crippen LogP) is 4.52. The third-order valence-corrected chi connectivity index (χ3v) is 25.5. The van der Waals surface area contributed by atoms with Crippen LogP contribution in [-0.2, 0) is 75.2 Å². The molecular weight excluding hydrogens is 1670 g/mol. The van der Waals surface area contributed by atoms with Crippen LogP contribution in [0.5, 0.6) is 0 Å². The number of benzene rings is 2. The van der Waals surface area contributed by atoms with Gasteiger partial charge in [-0.2, -0.15) is 0 Å². The highest BCUT2D eigenvalue weighted by atomic mass is 16.3. The molecule has 2 fully saturated rings. The molecule has 2 saturated heterocycles. The van der Waals surface area contributed by atoms with Crippen molar-refractivity contribution in [2.45, 2.75) is 317 Å². The lowest BCUT2D eigenvalue weighted by Gasteiger charge is -2.39. The Hall–Kier alpha value is -8.41. The van der Waals surface area contributed by atoms with Crippen LogP contribution in [0.15, 0.2) is 60.7 Å². The van der Waals surface area contributed by atoms with Gasteiger partial charge in [0.15, 0.2) is 5.78 Å². The molecule has 2 aromatic rings. The Morgan fingerprint density at radius 2 is 0.908 bits per heavy atom. The van der Waals surface area contributed by atoms with E-state index in [1.807, 2.05) is 123 Å². The van der Waals surface area contributed by atoms with Crippen LogP contribution >= 0.6 is 0 Å². The molecule has 6 unspecified atom stereocenters. The Morgan fingerprint density at radius 3 is 1.35 bits per heavy atom. The quantitative estimate of drug-likeness (QED) is 0.0406. The molecule has 33 nitrogen and oxygen atoms in total. The fourth-order valence-corrected chi connectivity index (χ4v) is 17.3. The standard InChI is InChI=1S/C81H144N14O15.C17H26N2O2/c1-26-57(85-75(104)70(71(100)54(14)15)94(25)81(110)69(53(12)13)93(24)67(99)38-37-48(2)3)77(106)92(23)64(47-96)79(108)89(20)62(42-50(6)7)74(103)87-68(52(10)11)80(109)90(21)61(41-49(4)5)73(102)86-58(72(101)84-55(16)76(105)91(22)63(43-51(8)9)78(107)88(18)19)35-30-31-39-83-45-65(97)60-36-32-40-95(60)46-66(98)59(82-17)44-56-33-28-27-29-34-56;1-13(20)16-9-6-10-19(16)12-17(21)15(18-2)11-14-7-4-3-5-8-14/h27-29,33-34,48-55,57-64,66,68-71,82-83,96,98,100H,26,30-32,35-47H2,1-25H3,(H,84,101)(H,85,104)(H,86,102)(H,87,103);3-5,7-8,15-18,21H,6,9-12H2,1-2H3/t55-,57+,58+,59?,60?,61+,62-,63+,64+,66?,68+,69+,70-,71+;/m0./s1. The van der Waals surface area contributed by atoms with Gasteiger partial charge in [-0.1, -0.05) is 165 Å². The molecule has 0 saturated carbocycles. The highest BCUT2D eigenvalue weighted by Crippen LogP contribution is 2.27. The maximum Gasteiger partial charge on any atom is 0.248 e. The molecule has 4 rings (SSSR count). The zero-order valence-corrected chi connectivity index (χ0v) is 84.3. The van der Waals surface area contributed by atoms with E-state index in [1.54, 1.807) is 69.5 Å². The first-order chi connectivity index (χ1) is 61.4. The molecule has 131 heavy (non-hydrogen) atoms. The summed E-state index contributed by atoms with van der Waals surface area (Å²) in [4.78, 5) is 197. The summed E-state index contributed by atoms with van der Waals surface area (Å²) in [6, 6.07) is 6.86. The number of carbonyl (C=O) groups is 13. The molecule has 11 amide bonds. The highest BCUT2D eigenvalue weighted by Gasteiger charge is 2.46. The number of unbranched alkanes of at least 4 members (excludes halogenated alkanes) is 1. The van der Waals surface area contributed by atoms with Gasteiger partial charge in [-0.15, -0.1) is 0 Å². The Bertz CT molecular complexity index is 3880. The van der Waals surface area contributed by atoms with Crippen LogP contribution in [0.1, 0.15) is 212 Å². The number of nitrogens with one attached hydrogen (secondary N) is 7. The molecule has 11 N–H and O–H groups in total. The number of β-amino-alcohol motifs (C(OH)–C–C–N with tert-alkyl or cyclic N) is 2. The zero-order valence-electron chi connectivity index (χ0n) is 84.3. The third kappa shape index (κ3) is 36.7. The lowest BCUT2D eigenvalue weighted by atomic mass is 9.94. The van der Waals surface area contributed by atoms with E-state index in [0.717, 1.165) is 52.5 Å². The van der Waals surface area contributed by atoms with Crippen molar-refractivity contribution < 1.29 is 82.8 Å². The summed E-state index contributed by atoms with van der Waals surface area (Å²) < 4.78 is 0. The predicted molar refractivity (Wildman–Crippen MR) is 511 cm³/mol. The van der Waals surface area contributed by atoms with Crippen molar-refractivity contribution in [1.82, 2.24) is 81.3 Å². The Balaban J connectivity index is 0.00000182. The van der Waals surface area contributed by atoms with E-state index in [4.69, 9.17) is 0 Å². The lowest BCUT2D eigenvalue weighted by Crippen LogP contribution is -2.63. The third-order valence-electron chi connectivity index (χ3n) is 25.5. The van der Waals surface area contributed by atoms with Crippen LogP contribution in [-0.4, -0.2) is 360 Å². The molecular formula is C98H170N16O17. The van der Waals surface area contributed by atoms with E-state index >= 15 is 9.59 Å². The number of rotatable bonds is 56. The van der Waals surface area contributed by atoms with Crippen molar-refractivity contribution in [2.24, 2.45) is 41.4 Å². The number of likely N-dealkylation sites (N-methyl/N-ethyl adjacent to an activating group) is 9. The van der Waals surface area contributed by atoms with Gasteiger partial charge in [0, 0.05) is 88.0 Å². The van der Waals surface area contributed by atoms with Gasteiger partial charge in [-0.05, 0) is 190 Å². The van der Waals surface area contributed by atoms with Gasteiger partial charge >= 0.3 is 0 Å². The molecule has 0 spiro atoms. The van der Waals surface area contributed by atoms with E-state index in [1.165, 1.54) is 74.4 Å². The number of aliphatic hydroxyl groups excluding tert-OH is 4. The summed E-state index contributed by atoms with van der Waals surface area (Å²) in [7, 11) is 15.3. The van der Waals surface area contributed by atoms with Gasteiger partial charge in [0.05, 0.1) is 43.5 Å². The topological polar surface area (TPSA) is 416 Å². The summed E-state index contributed by atoms with van der Waals surface area (Å²) in [6.07, 6.45) is 4.31. The van der Waals surface area contributed by atoms with Crippen molar-refractivity contribution in [2.75, 3.05) is 116 Å². The van der Waals surface area contributed by atoms with Crippen LogP contribution in [0.25, 0.3) is 0 Å². The van der Waals surface area contributed by atoms with E-state index in [0.29, 0.717) is 64.7 Å². The summed E-state index contributed by atoms with van der Waals surface area (Å²) in [5.74, 6) is -8.67. The van der Waals surface area contributed by atoms with Crippen LogP contribution in [0, 0.1) is 41.4 Å². The molecule has 17 atom stereocenters. The number of Topliss-reactive ketones (excluding diaryl/α,β-unsaturated/α-hetero) is 2. The Labute approximate surface area is 783 Å². The average Bonchev–Trinajstić information content (AvgIpc) is 1.70. The van der Waals surface area contributed by atoms with Gasteiger partial charge < -0.3 is 91.9 Å². The smallest absolute Gasteiger partial charge is 0.248 e. The number of aliphatic hydroxyl groups is 4. The fourth-order valence-electron chi connectivity index (χ4n) is 17.3. The number of hydrogen-bond acceptors (Lipinski definition) is 22. The molecule has 0 aromatic heterocycles. The minimum atomic E-state index is -1.62. The second-order valence-corrected chi connectivity index (χ2v) is 39.3. The molecule has 0 radical (unpaired) electrons. The summed E-state index contributed by atoms with van der Waals surface area (Å²) in [5, 5.41) is 65.3.